The Kier molecular flexibility index (Phi) is 2.87. The molecule has 1 amide bonds. The zero-order chi connectivity index (χ0) is 9.97. The second-order valence-corrected chi connectivity index (χ2v) is 4.33. The number of nitrogens with one attached hydrogen (secondary N) is 1. The van der Waals surface area contributed by atoms with Crippen molar-refractivity contribution in [2.75, 3.05) is 19.6 Å². The van der Waals surface area contributed by atoms with Crippen molar-refractivity contribution in [3.05, 3.63) is 12.7 Å². The molecule has 0 bridgehead atoms. The third-order valence-corrected chi connectivity index (χ3v) is 3.13. The van der Waals surface area contributed by atoms with Crippen LogP contribution >= 0.6 is 0 Å². The number of rotatable bonds is 4. The fourth-order valence-electron chi connectivity index (χ4n) is 2.12. The van der Waals surface area contributed by atoms with Gasteiger partial charge in [-0.15, -0.1) is 0 Å². The van der Waals surface area contributed by atoms with Crippen LogP contribution in [0.4, 0.5) is 0 Å². The van der Waals surface area contributed by atoms with E-state index in [2.05, 4.69) is 16.8 Å². The van der Waals surface area contributed by atoms with Crippen molar-refractivity contribution in [2.24, 2.45) is 5.92 Å². The van der Waals surface area contributed by atoms with Crippen molar-refractivity contribution >= 4 is 5.91 Å². The molecule has 1 aliphatic carbocycles. The average Bonchev–Trinajstić information content (AvgIpc) is 2.95. The van der Waals surface area contributed by atoms with Gasteiger partial charge < -0.3 is 10.2 Å². The first-order valence-electron chi connectivity index (χ1n) is 5.44. The molecule has 0 aromatic heterocycles. The Morgan fingerprint density at radius 1 is 1.50 bits per heavy atom. The average molecular weight is 194 g/mol. The van der Waals surface area contributed by atoms with E-state index in [1.54, 1.807) is 0 Å². The lowest BCUT2D eigenvalue weighted by molar-refractivity contribution is -0.116. The summed E-state index contributed by atoms with van der Waals surface area (Å²) in [6.45, 7) is 6.64. The van der Waals surface area contributed by atoms with Gasteiger partial charge in [0.1, 0.15) is 0 Å². The maximum absolute atomic E-state index is 11.0. The third kappa shape index (κ3) is 2.35. The molecule has 0 spiro atoms. The number of carbonyl (C=O) groups excluding carboxylic acids is 1. The summed E-state index contributed by atoms with van der Waals surface area (Å²) in [5, 5.41) is 2.87. The standard InChI is InChI=1S/C11H18N2O/c1-2-11(14)12-7-9-5-6-13(8-9)10-3-4-10/h2,9-10H,1,3-8H2,(H,12,14). The lowest BCUT2D eigenvalue weighted by Crippen LogP contribution is -2.30. The number of nitrogens with zero attached hydrogens (tertiary/aromatic N) is 1. The Bertz CT molecular complexity index is 235. The molecule has 2 fully saturated rings. The predicted octanol–water partition coefficient (Wildman–Crippen LogP) is 0.773. The van der Waals surface area contributed by atoms with Gasteiger partial charge in [-0.05, 0) is 37.8 Å². The predicted molar refractivity (Wildman–Crippen MR) is 55.9 cm³/mol. The quantitative estimate of drug-likeness (QED) is 0.671. The molecule has 0 aromatic rings. The molecule has 1 aliphatic heterocycles. The Morgan fingerprint density at radius 3 is 2.93 bits per heavy atom. The van der Waals surface area contributed by atoms with Crippen LogP contribution in [0.1, 0.15) is 19.3 Å². The molecule has 0 aromatic carbocycles. The number of likely N-dealkylation sites (tertiary alicyclic amines) is 1. The van der Waals surface area contributed by atoms with E-state index in [1.165, 1.54) is 38.4 Å². The first-order valence-corrected chi connectivity index (χ1v) is 5.44. The molecule has 2 aliphatic rings. The van der Waals surface area contributed by atoms with E-state index in [-0.39, 0.29) is 5.91 Å². The third-order valence-electron chi connectivity index (χ3n) is 3.13. The lowest BCUT2D eigenvalue weighted by Gasteiger charge is -2.14. The molecule has 3 nitrogen and oxygen atoms in total. The van der Waals surface area contributed by atoms with Gasteiger partial charge in [-0.25, -0.2) is 0 Å². The maximum atomic E-state index is 11.0. The maximum Gasteiger partial charge on any atom is 0.243 e. The van der Waals surface area contributed by atoms with E-state index < -0.39 is 0 Å². The fraction of sp³-hybridized carbons (Fsp3) is 0.727. The molecule has 1 saturated carbocycles. The smallest absolute Gasteiger partial charge is 0.243 e. The molecular formula is C11H18N2O. The summed E-state index contributed by atoms with van der Waals surface area (Å²) in [4.78, 5) is 13.5. The van der Waals surface area contributed by atoms with Gasteiger partial charge in [-0.1, -0.05) is 6.58 Å². The van der Waals surface area contributed by atoms with Gasteiger partial charge in [0.2, 0.25) is 5.91 Å². The van der Waals surface area contributed by atoms with Crippen molar-refractivity contribution in [3.63, 3.8) is 0 Å². The van der Waals surface area contributed by atoms with E-state index in [0.717, 1.165) is 12.6 Å². The van der Waals surface area contributed by atoms with Gasteiger partial charge in [-0.3, -0.25) is 4.79 Å². The molecule has 1 heterocycles. The van der Waals surface area contributed by atoms with Crippen molar-refractivity contribution in [1.29, 1.82) is 0 Å². The topological polar surface area (TPSA) is 32.3 Å². The van der Waals surface area contributed by atoms with Gasteiger partial charge in [0.25, 0.3) is 0 Å². The highest BCUT2D eigenvalue weighted by Crippen LogP contribution is 2.31. The lowest BCUT2D eigenvalue weighted by atomic mass is 10.1. The van der Waals surface area contributed by atoms with Gasteiger partial charge in [-0.2, -0.15) is 0 Å². The van der Waals surface area contributed by atoms with E-state index in [9.17, 15) is 4.79 Å². The fourth-order valence-corrected chi connectivity index (χ4v) is 2.12. The molecule has 2 rings (SSSR count). The molecule has 1 saturated heterocycles. The van der Waals surface area contributed by atoms with Crippen LogP contribution < -0.4 is 5.32 Å². The molecule has 78 valence electrons. The van der Waals surface area contributed by atoms with Crippen molar-refractivity contribution < 1.29 is 4.79 Å². The van der Waals surface area contributed by atoms with E-state index >= 15 is 0 Å². The van der Waals surface area contributed by atoms with Crippen LogP contribution in [0.3, 0.4) is 0 Å². The molecule has 14 heavy (non-hydrogen) atoms. The summed E-state index contributed by atoms with van der Waals surface area (Å²) < 4.78 is 0. The highest BCUT2D eigenvalue weighted by molar-refractivity contribution is 5.86. The van der Waals surface area contributed by atoms with Gasteiger partial charge in [0, 0.05) is 19.1 Å². The Labute approximate surface area is 85.2 Å². The number of amides is 1. The van der Waals surface area contributed by atoms with Crippen LogP contribution in [0.15, 0.2) is 12.7 Å². The zero-order valence-electron chi connectivity index (χ0n) is 8.54. The largest absolute Gasteiger partial charge is 0.352 e. The molecule has 1 unspecified atom stereocenters. The van der Waals surface area contributed by atoms with Crippen LogP contribution in [0.5, 0.6) is 0 Å². The molecule has 3 heteroatoms. The van der Waals surface area contributed by atoms with Crippen LogP contribution in [-0.2, 0) is 4.79 Å². The second kappa shape index (κ2) is 4.13. The Morgan fingerprint density at radius 2 is 2.29 bits per heavy atom. The molecule has 1 atom stereocenters. The molecular weight excluding hydrogens is 176 g/mol. The highest BCUT2D eigenvalue weighted by atomic mass is 16.1. The summed E-state index contributed by atoms with van der Waals surface area (Å²) in [6.07, 6.45) is 5.33. The molecule has 1 N–H and O–H groups in total. The van der Waals surface area contributed by atoms with Crippen molar-refractivity contribution in [2.45, 2.75) is 25.3 Å². The van der Waals surface area contributed by atoms with Crippen LogP contribution in [0.2, 0.25) is 0 Å². The second-order valence-electron chi connectivity index (χ2n) is 4.33. The minimum atomic E-state index is -0.0464. The zero-order valence-corrected chi connectivity index (χ0v) is 8.54. The highest BCUT2D eigenvalue weighted by Gasteiger charge is 2.34. The monoisotopic (exact) mass is 194 g/mol. The minimum Gasteiger partial charge on any atom is -0.352 e. The first-order chi connectivity index (χ1) is 6.79. The Balaban J connectivity index is 1.67. The van der Waals surface area contributed by atoms with Crippen molar-refractivity contribution in [3.8, 4) is 0 Å². The van der Waals surface area contributed by atoms with Crippen molar-refractivity contribution in [1.82, 2.24) is 10.2 Å². The van der Waals surface area contributed by atoms with Crippen LogP contribution in [0, 0.1) is 5.92 Å². The summed E-state index contributed by atoms with van der Waals surface area (Å²) in [5.74, 6) is 0.606. The van der Waals surface area contributed by atoms with E-state index in [0.29, 0.717) is 5.92 Å². The number of hydrogen-bond acceptors (Lipinski definition) is 2. The van der Waals surface area contributed by atoms with Gasteiger partial charge >= 0.3 is 0 Å². The summed E-state index contributed by atoms with van der Waals surface area (Å²) in [7, 11) is 0. The minimum absolute atomic E-state index is 0.0464. The molecule has 0 radical (unpaired) electrons. The van der Waals surface area contributed by atoms with Crippen LogP contribution in [-0.4, -0.2) is 36.5 Å². The first kappa shape index (κ1) is 9.71. The Hall–Kier alpha value is -0.830. The summed E-state index contributed by atoms with van der Waals surface area (Å²) >= 11 is 0. The van der Waals surface area contributed by atoms with Gasteiger partial charge in [0.05, 0.1) is 0 Å². The van der Waals surface area contributed by atoms with Crippen LogP contribution in [0.25, 0.3) is 0 Å². The van der Waals surface area contributed by atoms with E-state index in [1.807, 2.05) is 0 Å². The number of hydrogen-bond donors (Lipinski definition) is 1. The number of carbonyl (C=O) groups is 1. The summed E-state index contributed by atoms with van der Waals surface area (Å²) in [6, 6.07) is 0.870. The normalized spacial score (nSPS) is 27.6. The van der Waals surface area contributed by atoms with Gasteiger partial charge in [0.15, 0.2) is 0 Å². The SMILES string of the molecule is C=CC(=O)NCC1CCN(C2CC2)C1. The summed E-state index contributed by atoms with van der Waals surface area (Å²) in [5.41, 5.74) is 0. The van der Waals surface area contributed by atoms with E-state index in [4.69, 9.17) is 0 Å².